The number of hydrogen-bond donors (Lipinski definition) is 3. The third-order valence-corrected chi connectivity index (χ3v) is 6.96. The number of esters is 1. The number of amides is 4. The molecular weight excluding hydrogens is 540 g/mol. The number of nitrogens with one attached hydrogen (secondary N) is 3. The Labute approximate surface area is 236 Å². The number of nitrogens with zero attached hydrogens (tertiary/aromatic N) is 1. The van der Waals surface area contributed by atoms with Crippen LogP contribution in [0.4, 0.5) is 5.69 Å². The predicted octanol–water partition coefficient (Wildman–Crippen LogP) is 2.38. The second-order valence-corrected chi connectivity index (χ2v) is 10.1. The summed E-state index contributed by atoms with van der Waals surface area (Å²) in [6.45, 7) is 3.44. The summed E-state index contributed by atoms with van der Waals surface area (Å²) < 4.78 is 11.0. The molecule has 0 radical (unpaired) electrons. The van der Waals surface area contributed by atoms with Crippen molar-refractivity contribution in [1.29, 1.82) is 0 Å². The number of hydrogen-bond acceptors (Lipinski definition) is 7. The Morgan fingerprint density at radius 1 is 1.15 bits per heavy atom. The molecule has 2 heterocycles. The van der Waals surface area contributed by atoms with Crippen molar-refractivity contribution in [2.24, 2.45) is 0 Å². The second-order valence-electron chi connectivity index (χ2n) is 9.73. The molecule has 2 aromatic rings. The molecule has 12 heteroatoms. The molecule has 0 bridgehead atoms. The minimum absolute atomic E-state index is 0.0401. The van der Waals surface area contributed by atoms with Crippen LogP contribution in [-0.4, -0.2) is 65.5 Å². The zero-order chi connectivity index (χ0) is 28.8. The molecule has 40 heavy (non-hydrogen) atoms. The highest BCUT2D eigenvalue weighted by Crippen LogP contribution is 2.24. The van der Waals surface area contributed by atoms with Crippen molar-refractivity contribution in [3.05, 3.63) is 64.7 Å². The predicted molar refractivity (Wildman–Crippen MR) is 145 cm³/mol. The van der Waals surface area contributed by atoms with Crippen LogP contribution in [0.15, 0.2) is 48.5 Å². The number of likely N-dealkylation sites (tertiary alicyclic amines) is 1. The van der Waals surface area contributed by atoms with Gasteiger partial charge in [-0.1, -0.05) is 41.9 Å². The highest BCUT2D eigenvalue weighted by molar-refractivity contribution is 6.34. The minimum Gasteiger partial charge on any atom is -0.433 e. The van der Waals surface area contributed by atoms with E-state index in [1.165, 1.54) is 36.9 Å². The SMILES string of the molecule is CC(=O)Nc1ccc(C(=O)N[C@@H](C)C(=O)N2CCC[C@H]2C(=O)N[C@H]2CC(=O)OC2OCc2ccccc2)cc1Cl. The molecule has 1 unspecified atom stereocenters. The quantitative estimate of drug-likeness (QED) is 0.393. The van der Waals surface area contributed by atoms with Gasteiger partial charge in [-0.25, -0.2) is 0 Å². The van der Waals surface area contributed by atoms with E-state index in [2.05, 4.69) is 16.0 Å². The summed E-state index contributed by atoms with van der Waals surface area (Å²) in [5, 5.41) is 8.20. The Balaban J connectivity index is 1.34. The van der Waals surface area contributed by atoms with Gasteiger partial charge < -0.3 is 30.3 Å². The molecule has 11 nitrogen and oxygen atoms in total. The lowest BCUT2D eigenvalue weighted by Crippen LogP contribution is -2.54. The number of anilines is 1. The molecule has 4 rings (SSSR count). The van der Waals surface area contributed by atoms with Crippen molar-refractivity contribution in [2.75, 3.05) is 11.9 Å². The zero-order valence-corrected chi connectivity index (χ0v) is 22.9. The number of cyclic esters (lactones) is 1. The first kappa shape index (κ1) is 29.0. The summed E-state index contributed by atoms with van der Waals surface area (Å²) >= 11 is 6.16. The standard InChI is InChI=1S/C28H31ClN4O7/c1-16(30-25(36)19-10-11-21(20(29)13-19)31-17(2)34)27(38)33-12-6-9-23(33)26(37)32-22-14-24(35)40-28(22)39-15-18-7-4-3-5-8-18/h3-5,7-8,10-11,13,16,22-23,28H,6,9,12,14-15H2,1-2H3,(H,30,36)(H,31,34)(H,32,37)/t16-,22-,23-,28?/m0/s1. The van der Waals surface area contributed by atoms with Crippen molar-refractivity contribution >= 4 is 46.9 Å². The van der Waals surface area contributed by atoms with Crippen LogP contribution in [0.5, 0.6) is 0 Å². The average molecular weight is 571 g/mol. The summed E-state index contributed by atoms with van der Waals surface area (Å²) in [7, 11) is 0. The van der Waals surface area contributed by atoms with Crippen molar-refractivity contribution in [2.45, 2.75) is 64.1 Å². The van der Waals surface area contributed by atoms with Crippen LogP contribution in [0.1, 0.15) is 49.0 Å². The molecule has 212 valence electrons. The zero-order valence-electron chi connectivity index (χ0n) is 22.1. The van der Waals surface area contributed by atoms with Gasteiger partial charge in [-0.15, -0.1) is 0 Å². The fourth-order valence-electron chi connectivity index (χ4n) is 4.68. The van der Waals surface area contributed by atoms with E-state index in [0.29, 0.717) is 25.1 Å². The van der Waals surface area contributed by atoms with Gasteiger partial charge in [-0.3, -0.25) is 24.0 Å². The fraction of sp³-hybridized carbons (Fsp3) is 0.393. The highest BCUT2D eigenvalue weighted by Gasteiger charge is 2.41. The van der Waals surface area contributed by atoms with Gasteiger partial charge in [0.15, 0.2) is 0 Å². The lowest BCUT2D eigenvalue weighted by Gasteiger charge is -2.28. The number of ether oxygens (including phenoxy) is 2. The maximum absolute atomic E-state index is 13.2. The molecule has 2 aliphatic heterocycles. The lowest BCUT2D eigenvalue weighted by atomic mass is 10.1. The lowest BCUT2D eigenvalue weighted by molar-refractivity contribution is -0.168. The maximum atomic E-state index is 13.2. The van der Waals surface area contributed by atoms with E-state index < -0.39 is 48.1 Å². The average Bonchev–Trinajstić information content (AvgIpc) is 3.55. The number of halogens is 1. The Kier molecular flexibility index (Phi) is 9.38. The van der Waals surface area contributed by atoms with Gasteiger partial charge in [-0.2, -0.15) is 0 Å². The first-order valence-electron chi connectivity index (χ1n) is 13.0. The normalized spacial score (nSPS) is 20.9. The van der Waals surface area contributed by atoms with E-state index in [9.17, 15) is 24.0 Å². The summed E-state index contributed by atoms with van der Waals surface area (Å²) in [6, 6.07) is 11.4. The highest BCUT2D eigenvalue weighted by atomic mass is 35.5. The van der Waals surface area contributed by atoms with Crippen molar-refractivity contribution in [1.82, 2.24) is 15.5 Å². The van der Waals surface area contributed by atoms with Crippen LogP contribution < -0.4 is 16.0 Å². The Morgan fingerprint density at radius 2 is 1.90 bits per heavy atom. The number of rotatable bonds is 9. The molecule has 3 N–H and O–H groups in total. The topological polar surface area (TPSA) is 143 Å². The van der Waals surface area contributed by atoms with Crippen LogP contribution >= 0.6 is 11.6 Å². The fourth-order valence-corrected chi connectivity index (χ4v) is 4.91. The molecule has 0 aromatic heterocycles. The van der Waals surface area contributed by atoms with Gasteiger partial charge in [0.25, 0.3) is 5.91 Å². The first-order chi connectivity index (χ1) is 19.1. The largest absolute Gasteiger partial charge is 0.433 e. The van der Waals surface area contributed by atoms with E-state index in [1.807, 2.05) is 30.3 Å². The molecule has 0 spiro atoms. The number of carbonyl (C=O) groups is 5. The van der Waals surface area contributed by atoms with E-state index in [4.69, 9.17) is 21.1 Å². The molecule has 2 aliphatic rings. The number of carbonyl (C=O) groups excluding carboxylic acids is 5. The van der Waals surface area contributed by atoms with Gasteiger partial charge in [0.2, 0.25) is 24.0 Å². The minimum atomic E-state index is -0.940. The monoisotopic (exact) mass is 570 g/mol. The maximum Gasteiger partial charge on any atom is 0.310 e. The molecule has 4 amide bonds. The van der Waals surface area contributed by atoms with Crippen molar-refractivity contribution in [3.8, 4) is 0 Å². The Morgan fingerprint density at radius 3 is 2.60 bits per heavy atom. The van der Waals surface area contributed by atoms with Gasteiger partial charge in [-0.05, 0) is 43.5 Å². The summed E-state index contributed by atoms with van der Waals surface area (Å²) in [5.74, 6) is -2.14. The van der Waals surface area contributed by atoms with Gasteiger partial charge in [0.1, 0.15) is 18.1 Å². The number of benzene rings is 2. The first-order valence-corrected chi connectivity index (χ1v) is 13.3. The summed E-state index contributed by atoms with van der Waals surface area (Å²) in [5.41, 5.74) is 1.47. The third-order valence-electron chi connectivity index (χ3n) is 6.65. The summed E-state index contributed by atoms with van der Waals surface area (Å²) in [6.07, 6.45) is 0.0693. The molecular formula is C28H31ClN4O7. The molecule has 2 aromatic carbocycles. The summed E-state index contributed by atoms with van der Waals surface area (Å²) in [4.78, 5) is 63.9. The van der Waals surface area contributed by atoms with Crippen LogP contribution in [-0.2, 0) is 35.3 Å². The molecule has 2 fully saturated rings. The van der Waals surface area contributed by atoms with Crippen LogP contribution in [0.2, 0.25) is 5.02 Å². The van der Waals surface area contributed by atoms with Crippen LogP contribution in [0, 0.1) is 0 Å². The van der Waals surface area contributed by atoms with E-state index >= 15 is 0 Å². The smallest absolute Gasteiger partial charge is 0.310 e. The van der Waals surface area contributed by atoms with Crippen molar-refractivity contribution in [3.63, 3.8) is 0 Å². The van der Waals surface area contributed by atoms with Gasteiger partial charge >= 0.3 is 5.97 Å². The molecule has 4 atom stereocenters. The third kappa shape index (κ3) is 7.16. The van der Waals surface area contributed by atoms with Crippen LogP contribution in [0.25, 0.3) is 0 Å². The molecule has 0 aliphatic carbocycles. The Hall–Kier alpha value is -3.96. The van der Waals surface area contributed by atoms with Gasteiger partial charge in [0.05, 0.1) is 23.7 Å². The van der Waals surface area contributed by atoms with Crippen LogP contribution in [0.3, 0.4) is 0 Å². The van der Waals surface area contributed by atoms with E-state index in [1.54, 1.807) is 0 Å². The second kappa shape index (κ2) is 12.9. The molecule has 0 saturated carbocycles. The van der Waals surface area contributed by atoms with E-state index in [-0.39, 0.29) is 29.5 Å². The van der Waals surface area contributed by atoms with E-state index in [0.717, 1.165) is 5.56 Å². The Bertz CT molecular complexity index is 1290. The molecule has 2 saturated heterocycles. The van der Waals surface area contributed by atoms with Gasteiger partial charge in [0, 0.05) is 19.0 Å². The van der Waals surface area contributed by atoms with Crippen molar-refractivity contribution < 1.29 is 33.4 Å².